The number of rotatable bonds is 4. The monoisotopic (exact) mass is 285 g/mol. The molecule has 112 valence electrons. The van der Waals surface area contributed by atoms with Gasteiger partial charge in [0, 0.05) is 25.9 Å². The van der Waals surface area contributed by atoms with Crippen LogP contribution in [0.5, 0.6) is 0 Å². The number of nitrogens with one attached hydrogen (secondary N) is 1. The van der Waals surface area contributed by atoms with E-state index in [-0.39, 0.29) is 0 Å². The van der Waals surface area contributed by atoms with Crippen LogP contribution in [0.3, 0.4) is 0 Å². The van der Waals surface area contributed by atoms with Crippen molar-refractivity contribution < 1.29 is 14.6 Å². The van der Waals surface area contributed by atoms with Gasteiger partial charge in [0.25, 0.3) is 5.56 Å². The van der Waals surface area contributed by atoms with Crippen LogP contribution in [0, 0.1) is 0 Å². The molecule has 0 aromatic carbocycles. The van der Waals surface area contributed by atoms with Gasteiger partial charge in [-0.1, -0.05) is 0 Å². The van der Waals surface area contributed by atoms with E-state index in [0.29, 0.717) is 6.54 Å². The van der Waals surface area contributed by atoms with E-state index in [9.17, 15) is 14.7 Å². The van der Waals surface area contributed by atoms with Crippen molar-refractivity contribution in [1.82, 2.24) is 14.5 Å². The maximum absolute atomic E-state index is 11.8. The van der Waals surface area contributed by atoms with E-state index in [4.69, 9.17) is 9.47 Å². The largest absolute Gasteiger partial charge is 0.387 e. The van der Waals surface area contributed by atoms with Crippen LogP contribution in [0.2, 0.25) is 0 Å². The molecule has 1 aromatic rings. The van der Waals surface area contributed by atoms with Gasteiger partial charge in [-0.15, -0.1) is 0 Å². The van der Waals surface area contributed by atoms with Crippen LogP contribution in [0.4, 0.5) is 0 Å². The number of aromatic amines is 1. The predicted molar refractivity (Wildman–Crippen MR) is 70.6 cm³/mol. The van der Waals surface area contributed by atoms with Crippen molar-refractivity contribution in [2.24, 2.45) is 0 Å². The highest BCUT2D eigenvalue weighted by atomic mass is 16.6. The topological polar surface area (TPSA) is 96.8 Å². The molecule has 2 N–H and O–H groups in total. The fourth-order valence-electron chi connectivity index (χ4n) is 2.34. The molecule has 20 heavy (non-hydrogen) atoms. The number of ether oxygens (including phenoxy) is 2. The Kier molecular flexibility index (Phi) is 4.39. The molecule has 0 amide bonds. The SMILES string of the molecule is CO[C@@H]1[C@H](O)[C@@H](CN(C)C)O[C@H]1n1ccc(=O)[nH]c1=O. The number of hydrogen-bond donors (Lipinski definition) is 2. The van der Waals surface area contributed by atoms with Crippen molar-refractivity contribution in [2.75, 3.05) is 27.7 Å². The summed E-state index contributed by atoms with van der Waals surface area (Å²) in [7, 11) is 5.16. The van der Waals surface area contributed by atoms with Crippen molar-refractivity contribution in [1.29, 1.82) is 0 Å². The average molecular weight is 285 g/mol. The van der Waals surface area contributed by atoms with Gasteiger partial charge in [-0.3, -0.25) is 14.3 Å². The van der Waals surface area contributed by atoms with Crippen LogP contribution in [-0.2, 0) is 9.47 Å². The predicted octanol–water partition coefficient (Wildman–Crippen LogP) is -1.63. The minimum Gasteiger partial charge on any atom is -0.387 e. The number of nitrogens with zero attached hydrogens (tertiary/aromatic N) is 2. The molecule has 0 spiro atoms. The average Bonchev–Trinajstić information content (AvgIpc) is 2.65. The molecule has 0 saturated carbocycles. The smallest absolute Gasteiger partial charge is 0.330 e. The lowest BCUT2D eigenvalue weighted by atomic mass is 10.1. The molecule has 1 aliphatic rings. The molecule has 0 radical (unpaired) electrons. The molecule has 2 heterocycles. The van der Waals surface area contributed by atoms with Crippen molar-refractivity contribution >= 4 is 0 Å². The van der Waals surface area contributed by atoms with Gasteiger partial charge in [0.05, 0.1) is 0 Å². The highest BCUT2D eigenvalue weighted by Gasteiger charge is 2.45. The van der Waals surface area contributed by atoms with E-state index in [0.717, 1.165) is 0 Å². The third-order valence-corrected chi connectivity index (χ3v) is 3.26. The van der Waals surface area contributed by atoms with Gasteiger partial charge in [0.15, 0.2) is 6.23 Å². The van der Waals surface area contributed by atoms with Crippen LogP contribution >= 0.6 is 0 Å². The molecule has 1 fully saturated rings. The number of H-pyrrole nitrogens is 1. The zero-order valence-corrected chi connectivity index (χ0v) is 11.6. The van der Waals surface area contributed by atoms with Crippen molar-refractivity contribution in [3.05, 3.63) is 33.1 Å². The summed E-state index contributed by atoms with van der Waals surface area (Å²) in [5.41, 5.74) is -1.08. The number of aliphatic hydroxyl groups excluding tert-OH is 1. The standard InChI is InChI=1S/C12H19N3O5/c1-14(2)6-7-9(17)10(19-3)11(20-7)15-5-4-8(16)13-12(15)18/h4-5,7,9-11,17H,6H2,1-3H3,(H,13,16,18)/t7-,9-,10-,11-/m1/s1. The van der Waals surface area contributed by atoms with Crippen molar-refractivity contribution in [2.45, 2.75) is 24.5 Å². The maximum atomic E-state index is 11.8. The molecule has 4 atom stereocenters. The summed E-state index contributed by atoms with van der Waals surface area (Å²) in [6.45, 7) is 0.496. The Hall–Kier alpha value is -1.48. The third kappa shape index (κ3) is 2.83. The number of likely N-dealkylation sites (N-methyl/N-ethyl adjacent to an activating group) is 1. The Morgan fingerprint density at radius 3 is 2.75 bits per heavy atom. The molecule has 1 saturated heterocycles. The van der Waals surface area contributed by atoms with Gasteiger partial charge < -0.3 is 19.5 Å². The first-order valence-electron chi connectivity index (χ1n) is 6.26. The number of hydrogen-bond acceptors (Lipinski definition) is 6. The molecular weight excluding hydrogens is 266 g/mol. The minimum absolute atomic E-state index is 0.473. The summed E-state index contributed by atoms with van der Waals surface area (Å²) in [6, 6.07) is 1.23. The second-order valence-corrected chi connectivity index (χ2v) is 5.04. The Balaban J connectivity index is 2.30. The Morgan fingerprint density at radius 1 is 1.50 bits per heavy atom. The molecule has 0 unspecified atom stereocenters. The molecule has 8 nitrogen and oxygen atoms in total. The van der Waals surface area contributed by atoms with Crippen LogP contribution in [0.15, 0.2) is 21.9 Å². The molecule has 8 heteroatoms. The summed E-state index contributed by atoms with van der Waals surface area (Å²) in [5, 5.41) is 10.2. The second-order valence-electron chi connectivity index (χ2n) is 5.04. The van der Waals surface area contributed by atoms with Crippen LogP contribution < -0.4 is 11.2 Å². The lowest BCUT2D eigenvalue weighted by Gasteiger charge is -2.20. The molecule has 2 rings (SSSR count). The van der Waals surface area contributed by atoms with Gasteiger partial charge in [-0.2, -0.15) is 0 Å². The maximum Gasteiger partial charge on any atom is 0.330 e. The molecule has 0 bridgehead atoms. The van der Waals surface area contributed by atoms with Gasteiger partial charge in [0.1, 0.15) is 18.3 Å². The van der Waals surface area contributed by atoms with E-state index in [1.54, 1.807) is 0 Å². The summed E-state index contributed by atoms with van der Waals surface area (Å²) in [5.74, 6) is 0. The molecule has 1 aliphatic heterocycles. The van der Waals surface area contributed by atoms with Gasteiger partial charge in [-0.05, 0) is 14.1 Å². The summed E-state index contributed by atoms with van der Waals surface area (Å²) in [6.07, 6.45) is -1.44. The van der Waals surface area contributed by atoms with Gasteiger partial charge >= 0.3 is 5.69 Å². The Labute approximate surface area is 115 Å². The Morgan fingerprint density at radius 2 is 2.20 bits per heavy atom. The van der Waals surface area contributed by atoms with E-state index in [2.05, 4.69) is 4.98 Å². The zero-order valence-electron chi connectivity index (χ0n) is 11.6. The molecule has 1 aromatic heterocycles. The van der Waals surface area contributed by atoms with Gasteiger partial charge in [0.2, 0.25) is 0 Å². The Bertz CT molecular complexity index is 567. The summed E-state index contributed by atoms with van der Waals surface area (Å²) in [4.78, 5) is 26.9. The number of aromatic nitrogens is 2. The highest BCUT2D eigenvalue weighted by Crippen LogP contribution is 2.30. The number of methoxy groups -OCH3 is 1. The first kappa shape index (κ1) is 14.9. The first-order valence-corrected chi connectivity index (χ1v) is 6.26. The van der Waals surface area contributed by atoms with Crippen LogP contribution in [0.1, 0.15) is 6.23 Å². The number of aliphatic hydroxyl groups is 1. The fourth-order valence-corrected chi connectivity index (χ4v) is 2.34. The molecule has 0 aliphatic carbocycles. The van der Waals surface area contributed by atoms with E-state index in [1.165, 1.54) is 23.9 Å². The fraction of sp³-hybridized carbons (Fsp3) is 0.667. The quantitative estimate of drug-likeness (QED) is 0.689. The normalized spacial score (nSPS) is 30.1. The highest BCUT2D eigenvalue weighted by molar-refractivity contribution is 4.94. The van der Waals surface area contributed by atoms with Crippen molar-refractivity contribution in [3.63, 3.8) is 0 Å². The third-order valence-electron chi connectivity index (χ3n) is 3.26. The van der Waals surface area contributed by atoms with E-state index in [1.807, 2.05) is 19.0 Å². The van der Waals surface area contributed by atoms with E-state index >= 15 is 0 Å². The minimum atomic E-state index is -0.855. The summed E-state index contributed by atoms with van der Waals surface area (Å²) >= 11 is 0. The molecular formula is C12H19N3O5. The lowest BCUT2D eigenvalue weighted by molar-refractivity contribution is -0.0566. The first-order chi connectivity index (χ1) is 9.43. The van der Waals surface area contributed by atoms with Crippen molar-refractivity contribution in [3.8, 4) is 0 Å². The van der Waals surface area contributed by atoms with Crippen LogP contribution in [0.25, 0.3) is 0 Å². The van der Waals surface area contributed by atoms with Crippen LogP contribution in [-0.4, -0.2) is 65.6 Å². The van der Waals surface area contributed by atoms with E-state index < -0.39 is 35.8 Å². The second kappa shape index (κ2) is 5.88. The van der Waals surface area contributed by atoms with Gasteiger partial charge in [-0.25, -0.2) is 4.79 Å². The summed E-state index contributed by atoms with van der Waals surface area (Å²) < 4.78 is 12.2. The zero-order chi connectivity index (χ0) is 14.9. The lowest BCUT2D eigenvalue weighted by Crippen LogP contribution is -2.39.